The SMILES string of the molecule is CCCCCCCCCC=CC=CC=CC=CC=CC=C(C(=O)OCC)N1C(=O)c2ccccc2C1=O. The fourth-order valence-electron chi connectivity index (χ4n) is 3.84. The molecule has 2 rings (SSSR count). The van der Waals surface area contributed by atoms with E-state index < -0.39 is 17.8 Å². The second kappa shape index (κ2) is 17.7. The van der Waals surface area contributed by atoms with Gasteiger partial charge in [-0.1, -0.05) is 118 Å². The molecule has 1 aliphatic rings. The molecule has 0 radical (unpaired) electrons. The average Bonchev–Trinajstić information content (AvgIpc) is 3.15. The number of rotatable bonds is 16. The van der Waals surface area contributed by atoms with E-state index in [4.69, 9.17) is 4.74 Å². The Labute approximate surface area is 221 Å². The number of carbonyl (C=O) groups excluding carboxylic acids is 3. The molecule has 0 aliphatic carbocycles. The van der Waals surface area contributed by atoms with Gasteiger partial charge in [0.05, 0.1) is 17.7 Å². The number of esters is 1. The Morgan fingerprint density at radius 1 is 0.730 bits per heavy atom. The third-order valence-corrected chi connectivity index (χ3v) is 5.77. The van der Waals surface area contributed by atoms with E-state index in [0.29, 0.717) is 0 Å². The summed E-state index contributed by atoms with van der Waals surface area (Å²) in [4.78, 5) is 38.8. The maximum Gasteiger partial charge on any atom is 0.355 e. The van der Waals surface area contributed by atoms with Crippen molar-refractivity contribution in [1.82, 2.24) is 4.90 Å². The minimum absolute atomic E-state index is 0.112. The van der Waals surface area contributed by atoms with Crippen molar-refractivity contribution in [2.24, 2.45) is 0 Å². The molecule has 0 atom stereocenters. The molecule has 0 fully saturated rings. The monoisotopic (exact) mass is 501 g/mol. The molecule has 5 heteroatoms. The van der Waals surface area contributed by atoms with Gasteiger partial charge in [0.15, 0.2) is 0 Å². The van der Waals surface area contributed by atoms with E-state index >= 15 is 0 Å². The highest BCUT2D eigenvalue weighted by Gasteiger charge is 2.39. The summed E-state index contributed by atoms with van der Waals surface area (Å²) < 4.78 is 5.07. The topological polar surface area (TPSA) is 63.7 Å². The Balaban J connectivity index is 1.82. The normalized spacial score (nSPS) is 14.4. The predicted octanol–water partition coefficient (Wildman–Crippen LogP) is 7.65. The third kappa shape index (κ3) is 10.0. The number of amides is 2. The summed E-state index contributed by atoms with van der Waals surface area (Å²) in [6.45, 7) is 4.05. The maximum atomic E-state index is 12.7. The van der Waals surface area contributed by atoms with Crippen molar-refractivity contribution in [2.45, 2.75) is 65.2 Å². The molecule has 1 heterocycles. The summed E-state index contributed by atoms with van der Waals surface area (Å²) in [5.41, 5.74) is 0.439. The lowest BCUT2D eigenvalue weighted by Gasteiger charge is -2.16. The van der Waals surface area contributed by atoms with Crippen LogP contribution in [0.15, 0.2) is 96.8 Å². The number of ether oxygens (including phenoxy) is 1. The number of hydrogen-bond donors (Lipinski definition) is 0. The first-order valence-corrected chi connectivity index (χ1v) is 13.3. The summed E-state index contributed by atoms with van der Waals surface area (Å²) in [5, 5.41) is 0. The highest BCUT2D eigenvalue weighted by molar-refractivity contribution is 6.24. The number of benzene rings is 1. The molecule has 37 heavy (non-hydrogen) atoms. The van der Waals surface area contributed by atoms with Gasteiger partial charge >= 0.3 is 5.97 Å². The lowest BCUT2D eigenvalue weighted by atomic mass is 10.1. The quantitative estimate of drug-likeness (QED) is 0.0767. The molecule has 1 aliphatic heterocycles. The summed E-state index contributed by atoms with van der Waals surface area (Å²) in [7, 11) is 0. The van der Waals surface area contributed by atoms with Crippen LogP contribution in [-0.4, -0.2) is 29.3 Å². The lowest BCUT2D eigenvalue weighted by Crippen LogP contribution is -2.33. The lowest BCUT2D eigenvalue weighted by molar-refractivity contribution is -0.139. The number of allylic oxidation sites excluding steroid dienone is 11. The van der Waals surface area contributed by atoms with E-state index in [2.05, 4.69) is 19.1 Å². The number of imide groups is 1. The first-order valence-electron chi connectivity index (χ1n) is 13.3. The largest absolute Gasteiger partial charge is 0.461 e. The molecule has 1 aromatic carbocycles. The Bertz CT molecular complexity index is 1040. The van der Waals surface area contributed by atoms with E-state index in [9.17, 15) is 14.4 Å². The fourth-order valence-corrected chi connectivity index (χ4v) is 3.84. The van der Waals surface area contributed by atoms with Crippen LogP contribution in [-0.2, 0) is 9.53 Å². The summed E-state index contributed by atoms with van der Waals surface area (Å²) in [6.07, 6.45) is 30.9. The zero-order valence-corrected chi connectivity index (χ0v) is 22.1. The molecular formula is C32H39NO4. The van der Waals surface area contributed by atoms with Gasteiger partial charge in [-0.3, -0.25) is 9.59 Å². The minimum Gasteiger partial charge on any atom is -0.461 e. The van der Waals surface area contributed by atoms with Gasteiger partial charge in [0.25, 0.3) is 11.8 Å². The van der Waals surface area contributed by atoms with Crippen LogP contribution in [0.4, 0.5) is 0 Å². The molecule has 0 saturated carbocycles. The molecule has 0 bridgehead atoms. The van der Waals surface area contributed by atoms with Crippen LogP contribution in [0.3, 0.4) is 0 Å². The van der Waals surface area contributed by atoms with Crippen molar-refractivity contribution in [2.75, 3.05) is 6.61 Å². The van der Waals surface area contributed by atoms with Gasteiger partial charge in [-0.05, 0) is 38.0 Å². The van der Waals surface area contributed by atoms with E-state index in [1.807, 2.05) is 30.4 Å². The van der Waals surface area contributed by atoms with Crippen LogP contribution in [0.25, 0.3) is 0 Å². The standard InChI is InChI=1S/C32H39NO4/c1-3-5-6-7-8-9-10-11-12-13-14-15-16-17-18-19-20-21-26-29(32(36)37-4-2)33-30(34)27-24-22-23-25-28(27)31(33)35/h12-26H,3-11H2,1-2H3. The van der Waals surface area contributed by atoms with E-state index in [1.165, 1.54) is 51.0 Å². The van der Waals surface area contributed by atoms with E-state index in [1.54, 1.807) is 49.4 Å². The molecule has 0 unspecified atom stereocenters. The molecule has 2 amide bonds. The molecule has 5 nitrogen and oxygen atoms in total. The molecular weight excluding hydrogens is 462 g/mol. The summed E-state index contributed by atoms with van der Waals surface area (Å²) in [6, 6.07) is 6.51. The number of fused-ring (bicyclic) bond motifs is 1. The van der Waals surface area contributed by atoms with Crippen molar-refractivity contribution >= 4 is 17.8 Å². The van der Waals surface area contributed by atoms with Gasteiger partial charge in [0.1, 0.15) is 5.70 Å². The van der Waals surface area contributed by atoms with Crippen LogP contribution >= 0.6 is 0 Å². The number of nitrogens with zero attached hydrogens (tertiary/aromatic N) is 1. The van der Waals surface area contributed by atoms with Crippen LogP contribution < -0.4 is 0 Å². The molecule has 196 valence electrons. The van der Waals surface area contributed by atoms with Gasteiger partial charge < -0.3 is 4.74 Å². The Morgan fingerprint density at radius 3 is 1.81 bits per heavy atom. The zero-order chi connectivity index (χ0) is 26.7. The van der Waals surface area contributed by atoms with Gasteiger partial charge in [0.2, 0.25) is 0 Å². The van der Waals surface area contributed by atoms with Crippen LogP contribution in [0.2, 0.25) is 0 Å². The van der Waals surface area contributed by atoms with Crippen LogP contribution in [0, 0.1) is 0 Å². The molecule has 0 N–H and O–H groups in total. The van der Waals surface area contributed by atoms with Crippen LogP contribution in [0.1, 0.15) is 85.9 Å². The smallest absolute Gasteiger partial charge is 0.355 e. The van der Waals surface area contributed by atoms with Crippen molar-refractivity contribution in [3.8, 4) is 0 Å². The summed E-state index contributed by atoms with van der Waals surface area (Å²) >= 11 is 0. The average molecular weight is 502 g/mol. The Kier molecular flexibility index (Phi) is 14.1. The summed E-state index contributed by atoms with van der Waals surface area (Å²) in [5.74, 6) is -1.79. The first kappa shape index (κ1) is 29.5. The second-order valence-corrected chi connectivity index (χ2v) is 8.64. The fraction of sp³-hybridized carbons (Fsp3) is 0.344. The number of hydrogen-bond acceptors (Lipinski definition) is 4. The zero-order valence-electron chi connectivity index (χ0n) is 22.1. The van der Waals surface area contributed by atoms with Gasteiger partial charge in [-0.15, -0.1) is 0 Å². The molecule has 1 aromatic rings. The Hall–Kier alpha value is -3.73. The van der Waals surface area contributed by atoms with E-state index in [-0.39, 0.29) is 23.4 Å². The number of carbonyl (C=O) groups is 3. The van der Waals surface area contributed by atoms with Crippen molar-refractivity contribution in [1.29, 1.82) is 0 Å². The third-order valence-electron chi connectivity index (χ3n) is 5.77. The second-order valence-electron chi connectivity index (χ2n) is 8.64. The Morgan fingerprint density at radius 2 is 1.24 bits per heavy atom. The highest BCUT2D eigenvalue weighted by Crippen LogP contribution is 2.26. The van der Waals surface area contributed by atoms with Crippen molar-refractivity contribution in [3.05, 3.63) is 108 Å². The first-order chi connectivity index (χ1) is 18.1. The van der Waals surface area contributed by atoms with Gasteiger partial charge in [-0.25, -0.2) is 9.69 Å². The van der Waals surface area contributed by atoms with Gasteiger partial charge in [0, 0.05) is 0 Å². The van der Waals surface area contributed by atoms with E-state index in [0.717, 1.165) is 11.3 Å². The highest BCUT2D eigenvalue weighted by atomic mass is 16.5. The van der Waals surface area contributed by atoms with Crippen LogP contribution in [0.5, 0.6) is 0 Å². The predicted molar refractivity (Wildman–Crippen MR) is 150 cm³/mol. The molecule has 0 aromatic heterocycles. The maximum absolute atomic E-state index is 12.7. The minimum atomic E-state index is -0.726. The molecule has 0 saturated heterocycles. The number of unbranched alkanes of at least 4 members (excludes halogenated alkanes) is 7. The molecule has 0 spiro atoms. The van der Waals surface area contributed by atoms with Crippen molar-refractivity contribution < 1.29 is 19.1 Å². The van der Waals surface area contributed by atoms with Gasteiger partial charge in [-0.2, -0.15) is 0 Å². The van der Waals surface area contributed by atoms with Crippen molar-refractivity contribution in [3.63, 3.8) is 0 Å².